The molecule has 1 N–H and O–H groups in total. The van der Waals surface area contributed by atoms with Crippen LogP contribution < -0.4 is 10.2 Å². The minimum Gasteiger partial charge on any atom is -0.450 e. The lowest BCUT2D eigenvalue weighted by molar-refractivity contribution is -0.394. The molecule has 0 heterocycles. The maximum atomic E-state index is 12.1. The van der Waals surface area contributed by atoms with E-state index in [1.807, 2.05) is 0 Å². The Balaban J connectivity index is 1.72. The highest BCUT2D eigenvalue weighted by Crippen LogP contribution is 2.34. The molecule has 0 bridgehead atoms. The van der Waals surface area contributed by atoms with E-state index in [0.29, 0.717) is 11.1 Å². The molecule has 31 heavy (non-hydrogen) atoms. The van der Waals surface area contributed by atoms with Crippen LogP contribution in [-0.4, -0.2) is 22.0 Å². The van der Waals surface area contributed by atoms with Gasteiger partial charge >= 0.3 is 5.69 Å². The number of halogens is 1. The molecule has 11 heteroatoms. The van der Waals surface area contributed by atoms with Crippen molar-refractivity contribution in [2.45, 2.75) is 0 Å². The molecule has 0 atom stereocenters. The predicted octanol–water partition coefficient (Wildman–Crippen LogP) is 4.82. The number of nitrogens with zero attached hydrogens (tertiary/aromatic N) is 3. The second kappa shape index (κ2) is 9.59. The molecule has 0 fully saturated rings. The fourth-order valence-electron chi connectivity index (χ4n) is 2.46. The molecule has 0 saturated carbocycles. The number of ether oxygens (including phenoxy) is 1. The van der Waals surface area contributed by atoms with Gasteiger partial charge in [0.15, 0.2) is 0 Å². The van der Waals surface area contributed by atoms with Crippen LogP contribution in [0, 0.1) is 20.2 Å². The first-order valence-corrected chi connectivity index (χ1v) is 9.42. The first-order chi connectivity index (χ1) is 14.8. The highest BCUT2D eigenvalue weighted by Gasteiger charge is 2.21. The van der Waals surface area contributed by atoms with E-state index in [-0.39, 0.29) is 11.5 Å². The number of hydrazone groups is 1. The minimum atomic E-state index is -0.759. The second-order valence-electron chi connectivity index (χ2n) is 6.05. The van der Waals surface area contributed by atoms with E-state index in [2.05, 4.69) is 26.5 Å². The van der Waals surface area contributed by atoms with Gasteiger partial charge in [-0.2, -0.15) is 5.10 Å². The zero-order chi connectivity index (χ0) is 22.4. The monoisotopic (exact) mass is 484 g/mol. The normalized spacial score (nSPS) is 10.6. The summed E-state index contributed by atoms with van der Waals surface area (Å²) in [6.07, 6.45) is 1.38. The number of hydrogen-bond acceptors (Lipinski definition) is 7. The largest absolute Gasteiger partial charge is 0.450 e. The third-order valence-corrected chi connectivity index (χ3v) is 4.45. The van der Waals surface area contributed by atoms with Crippen LogP contribution in [0.2, 0.25) is 0 Å². The zero-order valence-electron chi connectivity index (χ0n) is 15.6. The van der Waals surface area contributed by atoms with Gasteiger partial charge in [-0.15, -0.1) is 0 Å². The third kappa shape index (κ3) is 5.70. The molecule has 0 spiro atoms. The molecule has 0 unspecified atom stereocenters. The van der Waals surface area contributed by atoms with E-state index in [0.717, 1.165) is 22.7 Å². The number of nitro groups is 2. The Bertz CT molecular complexity index is 1180. The van der Waals surface area contributed by atoms with Crippen molar-refractivity contribution >= 4 is 39.4 Å². The van der Waals surface area contributed by atoms with Crippen LogP contribution >= 0.6 is 15.9 Å². The van der Waals surface area contributed by atoms with E-state index in [9.17, 15) is 25.0 Å². The maximum absolute atomic E-state index is 12.1. The topological polar surface area (TPSA) is 137 Å². The number of carbonyl (C=O) groups excluding carboxylic acids is 1. The molecular weight excluding hydrogens is 472 g/mol. The van der Waals surface area contributed by atoms with Gasteiger partial charge in [-0.3, -0.25) is 25.0 Å². The lowest BCUT2D eigenvalue weighted by Gasteiger charge is -2.07. The quantitative estimate of drug-likeness (QED) is 0.289. The van der Waals surface area contributed by atoms with E-state index in [1.165, 1.54) is 6.21 Å². The van der Waals surface area contributed by atoms with Crippen LogP contribution in [-0.2, 0) is 0 Å². The number of carbonyl (C=O) groups is 1. The molecule has 0 aromatic heterocycles. The molecule has 10 nitrogen and oxygen atoms in total. The van der Waals surface area contributed by atoms with Crippen molar-refractivity contribution < 1.29 is 19.4 Å². The van der Waals surface area contributed by atoms with Gasteiger partial charge in [0.2, 0.25) is 5.75 Å². The first kappa shape index (κ1) is 21.6. The highest BCUT2D eigenvalue weighted by molar-refractivity contribution is 9.10. The molecule has 3 aromatic carbocycles. The summed E-state index contributed by atoms with van der Waals surface area (Å²) in [6, 6.07) is 16.3. The number of nitro benzene ring substituents is 2. The van der Waals surface area contributed by atoms with Gasteiger partial charge in [-0.1, -0.05) is 28.1 Å². The molecule has 0 aliphatic carbocycles. The Morgan fingerprint density at radius 2 is 1.74 bits per heavy atom. The van der Waals surface area contributed by atoms with Crippen molar-refractivity contribution in [1.82, 2.24) is 5.43 Å². The summed E-state index contributed by atoms with van der Waals surface area (Å²) in [5.74, 6) is -0.286. The van der Waals surface area contributed by atoms with E-state index in [4.69, 9.17) is 4.74 Å². The van der Waals surface area contributed by atoms with Crippen molar-refractivity contribution in [1.29, 1.82) is 0 Å². The summed E-state index contributed by atoms with van der Waals surface area (Å²) in [5, 5.41) is 26.0. The van der Waals surface area contributed by atoms with E-state index < -0.39 is 27.1 Å². The number of benzene rings is 3. The van der Waals surface area contributed by atoms with Crippen LogP contribution in [0.25, 0.3) is 0 Å². The Kier molecular flexibility index (Phi) is 6.67. The van der Waals surface area contributed by atoms with Crippen molar-refractivity contribution in [3.8, 4) is 11.5 Å². The number of non-ortho nitro benzene ring substituents is 1. The molecule has 0 aliphatic heterocycles. The van der Waals surface area contributed by atoms with Crippen molar-refractivity contribution in [3.63, 3.8) is 0 Å². The lowest BCUT2D eigenvalue weighted by Crippen LogP contribution is -2.17. The molecule has 0 radical (unpaired) electrons. The van der Waals surface area contributed by atoms with Gasteiger partial charge in [0.1, 0.15) is 5.75 Å². The molecule has 0 saturated heterocycles. The molecule has 3 aromatic rings. The van der Waals surface area contributed by atoms with Crippen LogP contribution in [0.4, 0.5) is 11.4 Å². The van der Waals surface area contributed by atoms with E-state index >= 15 is 0 Å². The minimum absolute atomic E-state index is 0.145. The SMILES string of the molecule is O=C(NN=Cc1cccc(Oc2ccc([N+](=O)[O-])cc2[N+](=O)[O-])c1)c1ccc(Br)cc1. The molecule has 0 aliphatic rings. The number of nitrogens with one attached hydrogen (secondary N) is 1. The number of amides is 1. The second-order valence-corrected chi connectivity index (χ2v) is 6.96. The third-order valence-electron chi connectivity index (χ3n) is 3.92. The van der Waals surface area contributed by atoms with Crippen LogP contribution in [0.1, 0.15) is 15.9 Å². The Morgan fingerprint density at radius 3 is 2.42 bits per heavy atom. The van der Waals surface area contributed by atoms with Crippen LogP contribution in [0.15, 0.2) is 76.3 Å². The Labute approximate surface area is 183 Å². The van der Waals surface area contributed by atoms with Gasteiger partial charge in [-0.25, -0.2) is 5.43 Å². The molecule has 3 rings (SSSR count). The molecule has 1 amide bonds. The van der Waals surface area contributed by atoms with Crippen molar-refractivity contribution in [2.75, 3.05) is 0 Å². The van der Waals surface area contributed by atoms with Gasteiger partial charge in [0.05, 0.1) is 22.1 Å². The lowest BCUT2D eigenvalue weighted by atomic mass is 10.2. The fourth-order valence-corrected chi connectivity index (χ4v) is 2.73. The summed E-state index contributed by atoms with van der Waals surface area (Å²) in [7, 11) is 0. The first-order valence-electron chi connectivity index (χ1n) is 8.63. The number of hydrogen-bond donors (Lipinski definition) is 1. The summed E-state index contributed by atoms with van der Waals surface area (Å²) < 4.78 is 6.38. The summed E-state index contributed by atoms with van der Waals surface area (Å²) in [4.78, 5) is 32.6. The fraction of sp³-hybridized carbons (Fsp3) is 0. The Hall–Kier alpha value is -4.12. The smallest absolute Gasteiger partial charge is 0.318 e. The van der Waals surface area contributed by atoms with Gasteiger partial charge < -0.3 is 4.74 Å². The number of rotatable bonds is 7. The summed E-state index contributed by atoms with van der Waals surface area (Å²) in [6.45, 7) is 0. The van der Waals surface area contributed by atoms with Gasteiger partial charge in [-0.05, 0) is 48.0 Å². The summed E-state index contributed by atoms with van der Waals surface area (Å²) >= 11 is 3.29. The average molecular weight is 485 g/mol. The predicted molar refractivity (Wildman–Crippen MR) is 115 cm³/mol. The van der Waals surface area contributed by atoms with Crippen molar-refractivity contribution in [2.24, 2.45) is 5.10 Å². The van der Waals surface area contributed by atoms with Gasteiger partial charge in [0, 0.05) is 16.1 Å². The summed E-state index contributed by atoms with van der Waals surface area (Å²) in [5.41, 5.74) is 2.44. The van der Waals surface area contributed by atoms with Gasteiger partial charge in [0.25, 0.3) is 11.6 Å². The molecular formula is C20H13BrN4O6. The Morgan fingerprint density at radius 1 is 1.00 bits per heavy atom. The van der Waals surface area contributed by atoms with Crippen LogP contribution in [0.3, 0.4) is 0 Å². The molecule has 156 valence electrons. The van der Waals surface area contributed by atoms with Crippen molar-refractivity contribution in [3.05, 3.63) is 103 Å². The standard InChI is InChI=1S/C20H13BrN4O6/c21-15-6-4-14(5-7-15)20(26)23-22-12-13-2-1-3-17(10-13)31-19-9-8-16(24(27)28)11-18(19)25(29)30/h1-12H,(H,23,26). The highest BCUT2D eigenvalue weighted by atomic mass is 79.9. The zero-order valence-corrected chi connectivity index (χ0v) is 17.2. The van der Waals surface area contributed by atoms with Crippen LogP contribution in [0.5, 0.6) is 11.5 Å². The van der Waals surface area contributed by atoms with E-state index in [1.54, 1.807) is 48.5 Å². The average Bonchev–Trinajstić information content (AvgIpc) is 2.74. The maximum Gasteiger partial charge on any atom is 0.318 e.